The van der Waals surface area contributed by atoms with Gasteiger partial charge in [0, 0.05) is 13.2 Å². The Bertz CT molecular complexity index is 346. The van der Waals surface area contributed by atoms with Gasteiger partial charge in [0.15, 0.2) is 0 Å². The second-order valence-electron chi connectivity index (χ2n) is 4.69. The van der Waals surface area contributed by atoms with Crippen LogP contribution < -0.4 is 10.1 Å². The lowest BCUT2D eigenvalue weighted by Gasteiger charge is -2.09. The van der Waals surface area contributed by atoms with E-state index in [-0.39, 0.29) is 0 Å². The maximum absolute atomic E-state index is 5.48. The Hall–Kier alpha value is -1.32. The van der Waals surface area contributed by atoms with Crippen LogP contribution in [0.1, 0.15) is 25.8 Å². The average Bonchev–Trinajstić information content (AvgIpc) is 2.41. The molecule has 0 unspecified atom stereocenters. The molecule has 0 bridgehead atoms. The van der Waals surface area contributed by atoms with Gasteiger partial charge in [-0.2, -0.15) is 0 Å². The van der Waals surface area contributed by atoms with E-state index < -0.39 is 0 Å². The van der Waals surface area contributed by atoms with Crippen molar-refractivity contribution in [3.8, 4) is 5.75 Å². The molecule has 0 heterocycles. The summed E-state index contributed by atoms with van der Waals surface area (Å²) >= 11 is 0. The monoisotopic (exact) mass is 263 g/mol. The summed E-state index contributed by atoms with van der Waals surface area (Å²) in [6.07, 6.45) is 3.11. The summed E-state index contributed by atoms with van der Waals surface area (Å²) in [7, 11) is 0. The summed E-state index contributed by atoms with van der Waals surface area (Å²) in [5.74, 6) is 0.883. The van der Waals surface area contributed by atoms with Gasteiger partial charge in [-0.05, 0) is 44.5 Å². The summed E-state index contributed by atoms with van der Waals surface area (Å²) in [5.41, 5.74) is 1.26. The van der Waals surface area contributed by atoms with Crippen LogP contribution in [0, 0.1) is 0 Å². The van der Waals surface area contributed by atoms with Gasteiger partial charge < -0.3 is 14.8 Å². The highest BCUT2D eigenvalue weighted by molar-refractivity contribution is 5.27. The summed E-state index contributed by atoms with van der Waals surface area (Å²) < 4.78 is 10.9. The third-order valence-electron chi connectivity index (χ3n) is 2.57. The van der Waals surface area contributed by atoms with Crippen LogP contribution in [0.25, 0.3) is 0 Å². The van der Waals surface area contributed by atoms with E-state index in [0.717, 1.165) is 31.9 Å². The first kappa shape index (κ1) is 15.7. The first-order valence-electron chi connectivity index (χ1n) is 6.87. The minimum atomic E-state index is 0.322. The minimum Gasteiger partial charge on any atom is -0.490 e. The molecule has 1 rings (SSSR count). The predicted molar refractivity (Wildman–Crippen MR) is 79.5 cm³/mol. The first-order valence-corrected chi connectivity index (χ1v) is 6.87. The molecule has 3 nitrogen and oxygen atoms in total. The lowest BCUT2D eigenvalue weighted by Crippen LogP contribution is -2.17. The lowest BCUT2D eigenvalue weighted by molar-refractivity contribution is 0.0770. The smallest absolute Gasteiger partial charge is 0.119 e. The molecule has 0 aliphatic carbocycles. The van der Waals surface area contributed by atoms with Crippen molar-refractivity contribution in [2.75, 3.05) is 19.8 Å². The molecule has 0 spiro atoms. The molecule has 0 radical (unpaired) electrons. The zero-order valence-corrected chi connectivity index (χ0v) is 12.0. The second kappa shape index (κ2) is 9.59. The van der Waals surface area contributed by atoms with Crippen LogP contribution >= 0.6 is 0 Å². The Labute approximate surface area is 116 Å². The van der Waals surface area contributed by atoms with Gasteiger partial charge in [0.25, 0.3) is 0 Å². The molecule has 0 aromatic heterocycles. The van der Waals surface area contributed by atoms with Crippen LogP contribution in [-0.4, -0.2) is 25.9 Å². The van der Waals surface area contributed by atoms with Gasteiger partial charge in [0.2, 0.25) is 0 Å². The third kappa shape index (κ3) is 7.65. The summed E-state index contributed by atoms with van der Waals surface area (Å²) in [5, 5.41) is 3.40. The van der Waals surface area contributed by atoms with Crippen LogP contribution in [-0.2, 0) is 11.3 Å². The van der Waals surface area contributed by atoms with E-state index in [9.17, 15) is 0 Å². The van der Waals surface area contributed by atoms with E-state index >= 15 is 0 Å². The normalized spacial score (nSPS) is 10.7. The molecule has 0 saturated heterocycles. The molecule has 1 N–H and O–H groups in total. The fourth-order valence-corrected chi connectivity index (χ4v) is 1.61. The fraction of sp³-hybridized carbons (Fsp3) is 0.500. The fourth-order valence-electron chi connectivity index (χ4n) is 1.61. The molecule has 106 valence electrons. The number of rotatable bonds is 10. The first-order chi connectivity index (χ1) is 9.22. The summed E-state index contributed by atoms with van der Waals surface area (Å²) in [6.45, 7) is 11.0. The minimum absolute atomic E-state index is 0.322. The van der Waals surface area contributed by atoms with E-state index in [1.807, 2.05) is 12.1 Å². The summed E-state index contributed by atoms with van der Waals surface area (Å²) in [4.78, 5) is 0. The Morgan fingerprint density at radius 1 is 1.26 bits per heavy atom. The van der Waals surface area contributed by atoms with E-state index in [4.69, 9.17) is 9.47 Å². The van der Waals surface area contributed by atoms with Gasteiger partial charge in [0.1, 0.15) is 12.4 Å². The van der Waals surface area contributed by atoms with Crippen molar-refractivity contribution in [1.82, 2.24) is 5.32 Å². The number of hydrogen-bond donors (Lipinski definition) is 1. The highest BCUT2D eigenvalue weighted by Gasteiger charge is 1.96. The van der Waals surface area contributed by atoms with Crippen molar-refractivity contribution in [3.05, 3.63) is 42.5 Å². The van der Waals surface area contributed by atoms with Crippen molar-refractivity contribution in [3.63, 3.8) is 0 Å². The van der Waals surface area contributed by atoms with Gasteiger partial charge in [0.05, 0.1) is 6.10 Å². The van der Waals surface area contributed by atoms with Crippen LogP contribution in [0.5, 0.6) is 5.75 Å². The average molecular weight is 263 g/mol. The van der Waals surface area contributed by atoms with Crippen molar-refractivity contribution in [2.24, 2.45) is 0 Å². The van der Waals surface area contributed by atoms with Crippen LogP contribution in [0.4, 0.5) is 0 Å². The highest BCUT2D eigenvalue weighted by Crippen LogP contribution is 2.11. The molecule has 0 aliphatic rings. The molecule has 0 aliphatic heterocycles. The Balaban J connectivity index is 2.14. The zero-order valence-electron chi connectivity index (χ0n) is 12.0. The quantitative estimate of drug-likeness (QED) is 0.519. The van der Waals surface area contributed by atoms with Crippen molar-refractivity contribution in [2.45, 2.75) is 32.9 Å². The molecular formula is C16H25NO2. The molecule has 1 aromatic rings. The van der Waals surface area contributed by atoms with Gasteiger partial charge >= 0.3 is 0 Å². The molecule has 0 amide bonds. The standard InChI is InChI=1S/C16H25NO2/c1-4-11-19-16-8-6-15(7-9-16)13-17-10-5-12-18-14(2)3/h4,6-9,14,17H,1,5,10-13H2,2-3H3. The highest BCUT2D eigenvalue weighted by atomic mass is 16.5. The lowest BCUT2D eigenvalue weighted by atomic mass is 10.2. The zero-order chi connectivity index (χ0) is 13.9. The Morgan fingerprint density at radius 3 is 2.63 bits per heavy atom. The van der Waals surface area contributed by atoms with Gasteiger partial charge in [-0.25, -0.2) is 0 Å². The Morgan fingerprint density at radius 2 is 2.00 bits per heavy atom. The molecule has 1 aromatic carbocycles. The topological polar surface area (TPSA) is 30.5 Å². The van der Waals surface area contributed by atoms with E-state index in [0.29, 0.717) is 12.7 Å². The molecule has 0 saturated carbocycles. The van der Waals surface area contributed by atoms with Gasteiger partial charge in [-0.3, -0.25) is 0 Å². The molecule has 0 atom stereocenters. The van der Waals surface area contributed by atoms with E-state index in [1.54, 1.807) is 6.08 Å². The van der Waals surface area contributed by atoms with Crippen LogP contribution in [0.15, 0.2) is 36.9 Å². The van der Waals surface area contributed by atoms with Gasteiger partial charge in [-0.15, -0.1) is 0 Å². The second-order valence-corrected chi connectivity index (χ2v) is 4.69. The van der Waals surface area contributed by atoms with E-state index in [2.05, 4.69) is 37.9 Å². The maximum atomic E-state index is 5.48. The molecule has 19 heavy (non-hydrogen) atoms. The van der Waals surface area contributed by atoms with Gasteiger partial charge in [-0.1, -0.05) is 24.8 Å². The van der Waals surface area contributed by atoms with Crippen molar-refractivity contribution in [1.29, 1.82) is 0 Å². The van der Waals surface area contributed by atoms with Crippen LogP contribution in [0.3, 0.4) is 0 Å². The number of nitrogens with one attached hydrogen (secondary N) is 1. The number of ether oxygens (including phenoxy) is 2. The predicted octanol–water partition coefficient (Wildman–Crippen LogP) is 3.16. The Kier molecular flexibility index (Phi) is 7.94. The maximum Gasteiger partial charge on any atom is 0.119 e. The number of benzene rings is 1. The summed E-state index contributed by atoms with van der Waals surface area (Å²) in [6, 6.07) is 8.14. The molecule has 3 heteroatoms. The SMILES string of the molecule is C=CCOc1ccc(CNCCCOC(C)C)cc1. The molecular weight excluding hydrogens is 238 g/mol. The third-order valence-corrected chi connectivity index (χ3v) is 2.57. The largest absolute Gasteiger partial charge is 0.490 e. The number of hydrogen-bond acceptors (Lipinski definition) is 3. The molecule has 0 fully saturated rings. The van der Waals surface area contributed by atoms with Crippen molar-refractivity contribution >= 4 is 0 Å². The van der Waals surface area contributed by atoms with Crippen molar-refractivity contribution < 1.29 is 9.47 Å². The van der Waals surface area contributed by atoms with Crippen LogP contribution in [0.2, 0.25) is 0 Å². The van der Waals surface area contributed by atoms with E-state index in [1.165, 1.54) is 5.56 Å².